The molecule has 1 heterocycles. The fourth-order valence-corrected chi connectivity index (χ4v) is 3.07. The monoisotopic (exact) mass is 255 g/mol. The number of rotatable bonds is 1. The van der Waals surface area contributed by atoms with Gasteiger partial charge in [-0.15, -0.1) is 11.3 Å². The van der Waals surface area contributed by atoms with Gasteiger partial charge in [-0.25, -0.2) is 0 Å². The summed E-state index contributed by atoms with van der Waals surface area (Å²) in [6, 6.07) is 4.19. The van der Waals surface area contributed by atoms with Crippen LogP contribution in [0.3, 0.4) is 0 Å². The van der Waals surface area contributed by atoms with Crippen molar-refractivity contribution < 1.29 is 0 Å². The van der Waals surface area contributed by atoms with Gasteiger partial charge >= 0.3 is 0 Å². The molecular formula is C10H10BrNS. The summed E-state index contributed by atoms with van der Waals surface area (Å²) in [7, 11) is 0. The lowest BCUT2D eigenvalue weighted by Crippen LogP contribution is -1.93. The second-order valence-electron chi connectivity index (χ2n) is 3.06. The highest BCUT2D eigenvalue weighted by Crippen LogP contribution is 2.32. The molecule has 2 N–H and O–H groups in total. The molecule has 68 valence electrons. The van der Waals surface area contributed by atoms with Crippen molar-refractivity contribution in [3.8, 4) is 0 Å². The molecule has 0 aliphatic heterocycles. The van der Waals surface area contributed by atoms with Crippen LogP contribution in [0.25, 0.3) is 10.1 Å². The zero-order chi connectivity index (χ0) is 9.42. The van der Waals surface area contributed by atoms with Gasteiger partial charge in [-0.05, 0) is 40.9 Å². The second-order valence-corrected chi connectivity index (χ2v) is 4.54. The molecule has 1 aromatic heterocycles. The van der Waals surface area contributed by atoms with Crippen LogP contribution in [0.2, 0.25) is 0 Å². The molecule has 0 radical (unpaired) electrons. The van der Waals surface area contributed by atoms with E-state index in [1.54, 1.807) is 11.3 Å². The van der Waals surface area contributed by atoms with Crippen LogP contribution in [0.15, 0.2) is 17.5 Å². The van der Waals surface area contributed by atoms with Gasteiger partial charge in [0.15, 0.2) is 0 Å². The minimum atomic E-state index is 0.826. The van der Waals surface area contributed by atoms with E-state index in [9.17, 15) is 0 Å². The number of fused-ring (bicyclic) bond motifs is 1. The minimum Gasteiger partial charge on any atom is -0.398 e. The Morgan fingerprint density at radius 3 is 3.00 bits per heavy atom. The van der Waals surface area contributed by atoms with E-state index in [2.05, 4.69) is 40.4 Å². The molecule has 0 unspecified atom stereocenters. The Balaban J connectivity index is 2.88. The molecule has 1 nitrogen and oxygen atoms in total. The summed E-state index contributed by atoms with van der Waals surface area (Å²) in [5, 5.41) is 4.23. The molecule has 0 aliphatic carbocycles. The lowest BCUT2D eigenvalue weighted by Gasteiger charge is -2.06. The summed E-state index contributed by atoms with van der Waals surface area (Å²) in [6.07, 6.45) is 0. The standard InChI is InChI=1S/C10H10BrNS/c1-6-4-9(12)8(5-11)7-2-3-13-10(6)7/h2-4H,5,12H2,1H3. The summed E-state index contributed by atoms with van der Waals surface area (Å²) >= 11 is 5.24. The predicted octanol–water partition coefficient (Wildman–Crippen LogP) is 3.69. The summed E-state index contributed by atoms with van der Waals surface area (Å²) in [5.41, 5.74) is 9.30. The smallest absolute Gasteiger partial charge is 0.0376 e. The van der Waals surface area contributed by atoms with Crippen LogP contribution in [-0.4, -0.2) is 0 Å². The van der Waals surface area contributed by atoms with Crippen molar-refractivity contribution in [1.29, 1.82) is 0 Å². The number of hydrogen-bond acceptors (Lipinski definition) is 2. The zero-order valence-electron chi connectivity index (χ0n) is 7.30. The van der Waals surface area contributed by atoms with Crippen LogP contribution in [-0.2, 0) is 5.33 Å². The van der Waals surface area contributed by atoms with E-state index >= 15 is 0 Å². The number of halogens is 1. The summed E-state index contributed by atoms with van der Waals surface area (Å²) in [6.45, 7) is 2.10. The average molecular weight is 256 g/mol. The summed E-state index contributed by atoms with van der Waals surface area (Å²) < 4.78 is 1.35. The maximum atomic E-state index is 5.93. The fourth-order valence-electron chi connectivity index (χ4n) is 1.54. The number of thiophene rings is 1. The predicted molar refractivity (Wildman–Crippen MR) is 63.6 cm³/mol. The van der Waals surface area contributed by atoms with Gasteiger partial charge in [0.25, 0.3) is 0 Å². The average Bonchev–Trinajstić information content (AvgIpc) is 2.53. The number of benzene rings is 1. The Morgan fingerprint density at radius 2 is 2.31 bits per heavy atom. The lowest BCUT2D eigenvalue weighted by atomic mass is 10.1. The van der Waals surface area contributed by atoms with Crippen molar-refractivity contribution in [2.24, 2.45) is 0 Å². The first kappa shape index (κ1) is 9.03. The molecule has 2 aromatic rings. The third-order valence-electron chi connectivity index (χ3n) is 2.20. The fraction of sp³-hybridized carbons (Fsp3) is 0.200. The Hall–Kier alpha value is -0.540. The van der Waals surface area contributed by atoms with E-state index in [1.807, 2.05) is 0 Å². The molecular weight excluding hydrogens is 246 g/mol. The molecule has 0 aliphatic rings. The van der Waals surface area contributed by atoms with Gasteiger partial charge in [-0.3, -0.25) is 0 Å². The van der Waals surface area contributed by atoms with Crippen molar-refractivity contribution in [3.63, 3.8) is 0 Å². The molecule has 1 aromatic carbocycles. The SMILES string of the molecule is Cc1cc(N)c(CBr)c2ccsc12. The molecule has 0 bridgehead atoms. The van der Waals surface area contributed by atoms with E-state index in [1.165, 1.54) is 21.2 Å². The molecule has 2 rings (SSSR count). The van der Waals surface area contributed by atoms with Crippen LogP contribution in [0.5, 0.6) is 0 Å². The number of nitrogen functional groups attached to an aromatic ring is 1. The van der Waals surface area contributed by atoms with Gasteiger partial charge in [0.05, 0.1) is 0 Å². The maximum Gasteiger partial charge on any atom is 0.0376 e. The van der Waals surface area contributed by atoms with E-state index in [0.717, 1.165) is 11.0 Å². The Bertz CT molecular complexity index is 447. The molecule has 0 amide bonds. The van der Waals surface area contributed by atoms with E-state index in [-0.39, 0.29) is 0 Å². The van der Waals surface area contributed by atoms with Crippen LogP contribution < -0.4 is 5.73 Å². The van der Waals surface area contributed by atoms with E-state index in [4.69, 9.17) is 5.73 Å². The normalized spacial score (nSPS) is 10.9. The molecule has 0 fully saturated rings. The van der Waals surface area contributed by atoms with E-state index < -0.39 is 0 Å². The molecule has 13 heavy (non-hydrogen) atoms. The quantitative estimate of drug-likeness (QED) is 0.611. The highest BCUT2D eigenvalue weighted by molar-refractivity contribution is 9.08. The van der Waals surface area contributed by atoms with Crippen LogP contribution in [0.4, 0.5) is 5.69 Å². The van der Waals surface area contributed by atoms with Crippen molar-refractivity contribution in [1.82, 2.24) is 0 Å². The third kappa shape index (κ3) is 1.36. The molecule has 3 heteroatoms. The number of alkyl halides is 1. The Labute approximate surface area is 89.7 Å². The van der Waals surface area contributed by atoms with Gasteiger partial charge in [0, 0.05) is 15.7 Å². The van der Waals surface area contributed by atoms with Crippen LogP contribution >= 0.6 is 27.3 Å². The zero-order valence-corrected chi connectivity index (χ0v) is 9.71. The minimum absolute atomic E-state index is 0.826. The van der Waals surface area contributed by atoms with Crippen LogP contribution in [0.1, 0.15) is 11.1 Å². The number of anilines is 1. The number of aryl methyl sites for hydroxylation is 1. The van der Waals surface area contributed by atoms with Crippen molar-refractivity contribution in [3.05, 3.63) is 28.6 Å². The van der Waals surface area contributed by atoms with Gasteiger partial charge < -0.3 is 5.73 Å². The number of hydrogen-bond donors (Lipinski definition) is 1. The van der Waals surface area contributed by atoms with Crippen molar-refractivity contribution >= 4 is 43.0 Å². The summed E-state index contributed by atoms with van der Waals surface area (Å²) in [4.78, 5) is 0. The van der Waals surface area contributed by atoms with Crippen LogP contribution in [0, 0.1) is 6.92 Å². The highest BCUT2D eigenvalue weighted by Gasteiger charge is 2.07. The molecule has 0 saturated heterocycles. The van der Waals surface area contributed by atoms with Crippen molar-refractivity contribution in [2.75, 3.05) is 5.73 Å². The van der Waals surface area contributed by atoms with Gasteiger partial charge in [-0.1, -0.05) is 15.9 Å². The molecule has 0 saturated carbocycles. The summed E-state index contributed by atoms with van der Waals surface area (Å²) in [5.74, 6) is 0. The Morgan fingerprint density at radius 1 is 1.54 bits per heavy atom. The Kier molecular flexibility index (Phi) is 2.30. The number of nitrogens with two attached hydrogens (primary N) is 1. The molecule has 0 spiro atoms. The van der Waals surface area contributed by atoms with Gasteiger partial charge in [0.2, 0.25) is 0 Å². The van der Waals surface area contributed by atoms with Gasteiger partial charge in [0.1, 0.15) is 0 Å². The van der Waals surface area contributed by atoms with E-state index in [0.29, 0.717) is 0 Å². The first-order chi connectivity index (χ1) is 6.24. The second kappa shape index (κ2) is 3.31. The third-order valence-corrected chi connectivity index (χ3v) is 3.81. The molecule has 0 atom stereocenters. The largest absolute Gasteiger partial charge is 0.398 e. The van der Waals surface area contributed by atoms with Crippen molar-refractivity contribution in [2.45, 2.75) is 12.3 Å². The lowest BCUT2D eigenvalue weighted by molar-refractivity contribution is 1.46. The maximum absolute atomic E-state index is 5.93. The highest BCUT2D eigenvalue weighted by atomic mass is 79.9. The first-order valence-corrected chi connectivity index (χ1v) is 6.05. The van der Waals surface area contributed by atoms with Gasteiger partial charge in [-0.2, -0.15) is 0 Å². The first-order valence-electron chi connectivity index (χ1n) is 4.05. The topological polar surface area (TPSA) is 26.0 Å².